The zero-order valence-electron chi connectivity index (χ0n) is 18.0. The van der Waals surface area contributed by atoms with E-state index in [1.165, 1.54) is 11.1 Å². The summed E-state index contributed by atoms with van der Waals surface area (Å²) in [7, 11) is 0. The van der Waals surface area contributed by atoms with Crippen molar-refractivity contribution >= 4 is 18.0 Å². The Kier molecular flexibility index (Phi) is 9.23. The van der Waals surface area contributed by atoms with Crippen LogP contribution < -0.4 is 10.1 Å². The van der Waals surface area contributed by atoms with Gasteiger partial charge in [0.2, 0.25) is 0 Å². The van der Waals surface area contributed by atoms with Crippen molar-refractivity contribution in [1.82, 2.24) is 5.32 Å². The van der Waals surface area contributed by atoms with Crippen LogP contribution in [0.3, 0.4) is 0 Å². The van der Waals surface area contributed by atoms with E-state index in [0.717, 1.165) is 57.0 Å². The summed E-state index contributed by atoms with van der Waals surface area (Å²) in [5.74, 6) is 1.08. The fourth-order valence-electron chi connectivity index (χ4n) is 3.28. The minimum atomic E-state index is -0.452. The van der Waals surface area contributed by atoms with E-state index < -0.39 is 5.60 Å². The predicted octanol–water partition coefficient (Wildman–Crippen LogP) is 5.53. The highest BCUT2D eigenvalue weighted by atomic mass is 16.6. The number of amides is 1. The maximum absolute atomic E-state index is 11.5. The first kappa shape index (κ1) is 23.0. The van der Waals surface area contributed by atoms with E-state index in [1.807, 2.05) is 32.9 Å². The van der Waals surface area contributed by atoms with E-state index in [1.54, 1.807) is 0 Å². The molecule has 0 bridgehead atoms. The van der Waals surface area contributed by atoms with Gasteiger partial charge in [-0.05, 0) is 76.1 Å². The monoisotopic (exact) mass is 401 g/mol. The number of alkyl carbamates (subject to hydrolysis) is 1. The molecule has 1 amide bonds. The lowest BCUT2D eigenvalue weighted by Crippen LogP contribution is -2.32. The quantitative estimate of drug-likeness (QED) is 0.413. The molecule has 0 saturated carbocycles. The molecule has 1 unspecified atom stereocenters. The Bertz CT molecular complexity index is 673. The van der Waals surface area contributed by atoms with Crippen LogP contribution in [0.2, 0.25) is 0 Å². The average molecular weight is 402 g/mol. The molecular weight excluding hydrogens is 366 g/mol. The Morgan fingerprint density at radius 3 is 2.48 bits per heavy atom. The van der Waals surface area contributed by atoms with E-state index in [2.05, 4.69) is 23.5 Å². The van der Waals surface area contributed by atoms with Gasteiger partial charge in [0.25, 0.3) is 0 Å². The number of benzene rings is 1. The zero-order chi connectivity index (χ0) is 21.1. The number of carbonyl (C=O) groups is 2. The van der Waals surface area contributed by atoms with Gasteiger partial charge in [0, 0.05) is 12.5 Å². The molecule has 1 atom stereocenters. The molecule has 0 fully saturated rings. The number of hydrogen-bond acceptors (Lipinski definition) is 4. The van der Waals surface area contributed by atoms with Gasteiger partial charge in [0.15, 0.2) is 0 Å². The third-order valence-corrected chi connectivity index (χ3v) is 4.88. The Balaban J connectivity index is 1.55. The Morgan fingerprint density at radius 1 is 1.14 bits per heavy atom. The number of allylic oxidation sites excluding steroid dienone is 2. The molecule has 5 nitrogen and oxygen atoms in total. The molecule has 1 N–H and O–H groups in total. The molecule has 0 heterocycles. The molecule has 0 aliphatic heterocycles. The van der Waals surface area contributed by atoms with E-state index in [9.17, 15) is 9.59 Å². The molecule has 0 saturated heterocycles. The van der Waals surface area contributed by atoms with Gasteiger partial charge in [-0.1, -0.05) is 31.1 Å². The second kappa shape index (κ2) is 11.6. The Labute approximate surface area is 174 Å². The summed E-state index contributed by atoms with van der Waals surface area (Å²) < 4.78 is 11.0. The molecule has 0 aromatic heterocycles. The van der Waals surface area contributed by atoms with Crippen molar-refractivity contribution in [2.75, 3.05) is 13.2 Å². The fraction of sp³-hybridized carbons (Fsp3) is 0.583. The lowest BCUT2D eigenvalue weighted by atomic mass is 9.87. The van der Waals surface area contributed by atoms with Crippen molar-refractivity contribution in [3.8, 4) is 5.75 Å². The largest absolute Gasteiger partial charge is 0.494 e. The lowest BCUT2D eigenvalue weighted by molar-refractivity contribution is -0.111. The van der Waals surface area contributed by atoms with Crippen LogP contribution in [-0.4, -0.2) is 31.1 Å². The van der Waals surface area contributed by atoms with Gasteiger partial charge in [0.1, 0.15) is 17.6 Å². The number of unbranched alkanes of at least 4 members (excludes halogenated alkanes) is 3. The van der Waals surface area contributed by atoms with Gasteiger partial charge in [-0.3, -0.25) is 0 Å². The molecule has 2 rings (SSSR count). The van der Waals surface area contributed by atoms with E-state index in [4.69, 9.17) is 9.47 Å². The van der Waals surface area contributed by atoms with Crippen LogP contribution in [0.25, 0.3) is 5.57 Å². The van der Waals surface area contributed by atoms with Crippen LogP contribution in [-0.2, 0) is 9.53 Å². The molecule has 1 aliphatic carbocycles. The molecule has 160 valence electrons. The fourth-order valence-corrected chi connectivity index (χ4v) is 3.28. The van der Waals surface area contributed by atoms with Crippen LogP contribution in [0.5, 0.6) is 5.75 Å². The van der Waals surface area contributed by atoms with Crippen molar-refractivity contribution in [3.63, 3.8) is 0 Å². The molecule has 0 radical (unpaired) electrons. The highest BCUT2D eigenvalue weighted by molar-refractivity contribution is 5.69. The molecule has 5 heteroatoms. The lowest BCUT2D eigenvalue weighted by Gasteiger charge is -2.19. The number of nitrogens with one attached hydrogen (secondary N) is 1. The summed E-state index contributed by atoms with van der Waals surface area (Å²) >= 11 is 0. The topological polar surface area (TPSA) is 64.6 Å². The highest BCUT2D eigenvalue weighted by Crippen LogP contribution is 2.30. The van der Waals surface area contributed by atoms with Crippen molar-refractivity contribution in [2.24, 2.45) is 5.92 Å². The minimum Gasteiger partial charge on any atom is -0.494 e. The van der Waals surface area contributed by atoms with Crippen LogP contribution in [0.1, 0.15) is 71.3 Å². The first-order chi connectivity index (χ1) is 13.9. The summed E-state index contributed by atoms with van der Waals surface area (Å²) in [5.41, 5.74) is 2.10. The molecule has 1 aliphatic rings. The number of aldehydes is 1. The van der Waals surface area contributed by atoms with Gasteiger partial charge >= 0.3 is 6.09 Å². The SMILES string of the molecule is CC(C)(C)OC(=O)NCCCCCCOc1ccc(C2=CCC(C=O)CC2)cc1. The minimum absolute atomic E-state index is 0.189. The predicted molar refractivity (Wildman–Crippen MR) is 116 cm³/mol. The first-order valence-corrected chi connectivity index (χ1v) is 10.7. The summed E-state index contributed by atoms with van der Waals surface area (Å²) in [6.07, 6.45) is 9.72. The number of ether oxygens (including phenoxy) is 2. The van der Waals surface area contributed by atoms with Crippen LogP contribution in [0.4, 0.5) is 4.79 Å². The number of carbonyl (C=O) groups excluding carboxylic acids is 2. The van der Waals surface area contributed by atoms with Gasteiger partial charge in [-0.15, -0.1) is 0 Å². The van der Waals surface area contributed by atoms with Gasteiger partial charge in [0.05, 0.1) is 6.61 Å². The molecule has 1 aromatic rings. The third kappa shape index (κ3) is 9.16. The molecule has 29 heavy (non-hydrogen) atoms. The van der Waals surface area contributed by atoms with Crippen LogP contribution in [0.15, 0.2) is 30.3 Å². The van der Waals surface area contributed by atoms with Gasteiger partial charge in [-0.2, -0.15) is 0 Å². The smallest absolute Gasteiger partial charge is 0.407 e. The van der Waals surface area contributed by atoms with Crippen molar-refractivity contribution in [1.29, 1.82) is 0 Å². The molecule has 0 spiro atoms. The number of rotatable bonds is 10. The normalized spacial score (nSPS) is 16.7. The second-order valence-corrected chi connectivity index (χ2v) is 8.62. The standard InChI is InChI=1S/C24H35NO4/c1-24(2,3)29-23(27)25-16-6-4-5-7-17-28-22-14-12-21(13-15-22)20-10-8-19(18-26)9-11-20/h10,12-15,18-19H,4-9,11,16-17H2,1-3H3,(H,25,27). The second-order valence-electron chi connectivity index (χ2n) is 8.62. The Morgan fingerprint density at radius 2 is 1.86 bits per heavy atom. The number of hydrogen-bond donors (Lipinski definition) is 1. The van der Waals surface area contributed by atoms with Crippen LogP contribution in [0, 0.1) is 5.92 Å². The van der Waals surface area contributed by atoms with Crippen molar-refractivity contribution < 1.29 is 19.1 Å². The maximum atomic E-state index is 11.5. The Hall–Kier alpha value is -2.30. The zero-order valence-corrected chi connectivity index (χ0v) is 18.0. The molecule has 1 aromatic carbocycles. The summed E-state index contributed by atoms with van der Waals surface area (Å²) in [6.45, 7) is 6.91. The molecular formula is C24H35NO4. The summed E-state index contributed by atoms with van der Waals surface area (Å²) in [6, 6.07) is 8.25. The third-order valence-electron chi connectivity index (χ3n) is 4.88. The van der Waals surface area contributed by atoms with Gasteiger partial charge < -0.3 is 19.6 Å². The van der Waals surface area contributed by atoms with Crippen LogP contribution >= 0.6 is 0 Å². The van der Waals surface area contributed by atoms with E-state index >= 15 is 0 Å². The maximum Gasteiger partial charge on any atom is 0.407 e. The summed E-state index contributed by atoms with van der Waals surface area (Å²) in [5, 5.41) is 2.78. The highest BCUT2D eigenvalue weighted by Gasteiger charge is 2.15. The summed E-state index contributed by atoms with van der Waals surface area (Å²) in [4.78, 5) is 22.4. The van der Waals surface area contributed by atoms with Gasteiger partial charge in [-0.25, -0.2) is 4.79 Å². The van der Waals surface area contributed by atoms with Crippen molar-refractivity contribution in [3.05, 3.63) is 35.9 Å². The van der Waals surface area contributed by atoms with E-state index in [-0.39, 0.29) is 12.0 Å². The average Bonchev–Trinajstić information content (AvgIpc) is 2.69. The van der Waals surface area contributed by atoms with E-state index in [0.29, 0.717) is 13.2 Å². The first-order valence-electron chi connectivity index (χ1n) is 10.7. The van der Waals surface area contributed by atoms with Crippen molar-refractivity contribution in [2.45, 2.75) is 71.3 Å².